The van der Waals surface area contributed by atoms with E-state index < -0.39 is 0 Å². The molecule has 0 unspecified atom stereocenters. The summed E-state index contributed by atoms with van der Waals surface area (Å²) in [6.45, 7) is 2.28. The van der Waals surface area contributed by atoms with Crippen LogP contribution < -0.4 is 10.9 Å². The number of rotatable bonds is 4. The van der Waals surface area contributed by atoms with E-state index >= 15 is 0 Å². The fraction of sp³-hybridized carbons (Fsp3) is 0.188. The van der Waals surface area contributed by atoms with Crippen molar-refractivity contribution in [1.29, 1.82) is 0 Å². The van der Waals surface area contributed by atoms with Crippen LogP contribution in [0.1, 0.15) is 12.0 Å². The van der Waals surface area contributed by atoms with Gasteiger partial charge in [0, 0.05) is 18.7 Å². The SMILES string of the molecule is Cc1cccc(NC(=O)CCn2cnc3sccc3c2=O)c1. The summed E-state index contributed by atoms with van der Waals surface area (Å²) in [5.74, 6) is -0.122. The summed E-state index contributed by atoms with van der Waals surface area (Å²) >= 11 is 1.43. The number of nitrogens with zero attached hydrogens (tertiary/aromatic N) is 2. The Morgan fingerprint density at radius 3 is 3.05 bits per heavy atom. The van der Waals surface area contributed by atoms with Crippen LogP contribution in [0.5, 0.6) is 0 Å². The van der Waals surface area contributed by atoms with Gasteiger partial charge in [0.05, 0.1) is 11.7 Å². The van der Waals surface area contributed by atoms with Crippen molar-refractivity contribution < 1.29 is 4.79 Å². The van der Waals surface area contributed by atoms with Gasteiger partial charge in [-0.15, -0.1) is 11.3 Å². The Labute approximate surface area is 131 Å². The number of nitrogens with one attached hydrogen (secondary N) is 1. The molecule has 1 amide bonds. The summed E-state index contributed by atoms with van der Waals surface area (Å²) < 4.78 is 1.48. The second-order valence-electron chi connectivity index (χ2n) is 5.05. The number of hydrogen-bond acceptors (Lipinski definition) is 4. The van der Waals surface area contributed by atoms with E-state index in [-0.39, 0.29) is 17.9 Å². The molecule has 0 saturated carbocycles. The molecule has 0 saturated heterocycles. The lowest BCUT2D eigenvalue weighted by molar-refractivity contribution is -0.116. The fourth-order valence-corrected chi connectivity index (χ4v) is 2.94. The topological polar surface area (TPSA) is 64.0 Å². The summed E-state index contributed by atoms with van der Waals surface area (Å²) in [6, 6.07) is 9.37. The van der Waals surface area contributed by atoms with Gasteiger partial charge in [0.25, 0.3) is 5.56 Å². The lowest BCUT2D eigenvalue weighted by Crippen LogP contribution is -2.23. The predicted molar refractivity (Wildman–Crippen MR) is 88.3 cm³/mol. The highest BCUT2D eigenvalue weighted by Crippen LogP contribution is 2.13. The minimum Gasteiger partial charge on any atom is -0.326 e. The highest BCUT2D eigenvalue weighted by atomic mass is 32.1. The molecule has 1 aromatic carbocycles. The molecule has 0 aliphatic heterocycles. The Bertz CT molecular complexity index is 882. The van der Waals surface area contributed by atoms with E-state index in [4.69, 9.17) is 0 Å². The van der Waals surface area contributed by atoms with Gasteiger partial charge in [0.2, 0.25) is 5.91 Å². The second kappa shape index (κ2) is 6.11. The number of benzene rings is 1. The van der Waals surface area contributed by atoms with E-state index in [1.165, 1.54) is 22.2 Å². The van der Waals surface area contributed by atoms with Crippen LogP contribution >= 0.6 is 11.3 Å². The van der Waals surface area contributed by atoms with E-state index in [2.05, 4.69) is 10.3 Å². The zero-order valence-electron chi connectivity index (χ0n) is 12.1. The van der Waals surface area contributed by atoms with Gasteiger partial charge in [-0.05, 0) is 36.1 Å². The third-order valence-corrected chi connectivity index (χ3v) is 4.15. The standard InChI is InChI=1S/C16H15N3O2S/c1-11-3-2-4-12(9-11)18-14(20)5-7-19-10-17-15-13(16(19)21)6-8-22-15/h2-4,6,8-10H,5,7H2,1H3,(H,18,20). The van der Waals surface area contributed by atoms with Crippen molar-refractivity contribution in [3.63, 3.8) is 0 Å². The molecule has 3 aromatic rings. The van der Waals surface area contributed by atoms with Crippen LogP contribution in [0.15, 0.2) is 46.8 Å². The van der Waals surface area contributed by atoms with Crippen LogP contribution in [-0.2, 0) is 11.3 Å². The average molecular weight is 313 g/mol. The van der Waals surface area contributed by atoms with Crippen molar-refractivity contribution in [2.24, 2.45) is 0 Å². The molecule has 0 bridgehead atoms. The van der Waals surface area contributed by atoms with Gasteiger partial charge in [0.1, 0.15) is 4.83 Å². The Morgan fingerprint density at radius 2 is 2.23 bits per heavy atom. The van der Waals surface area contributed by atoms with Crippen molar-refractivity contribution in [3.8, 4) is 0 Å². The van der Waals surface area contributed by atoms with Crippen LogP contribution in [0.3, 0.4) is 0 Å². The van der Waals surface area contributed by atoms with Crippen molar-refractivity contribution in [1.82, 2.24) is 9.55 Å². The van der Waals surface area contributed by atoms with Gasteiger partial charge in [-0.1, -0.05) is 12.1 Å². The van der Waals surface area contributed by atoms with Gasteiger partial charge >= 0.3 is 0 Å². The summed E-state index contributed by atoms with van der Waals surface area (Å²) in [5.41, 5.74) is 1.75. The lowest BCUT2D eigenvalue weighted by Gasteiger charge is -2.07. The molecule has 2 aromatic heterocycles. The van der Waals surface area contributed by atoms with E-state index in [9.17, 15) is 9.59 Å². The molecule has 3 rings (SSSR count). The number of amides is 1. The molecule has 0 aliphatic carbocycles. The summed E-state index contributed by atoms with van der Waals surface area (Å²) in [7, 11) is 0. The van der Waals surface area contributed by atoms with Crippen LogP contribution in [0.4, 0.5) is 5.69 Å². The Balaban J connectivity index is 1.67. The molecule has 1 N–H and O–H groups in total. The first-order valence-electron chi connectivity index (χ1n) is 6.92. The summed E-state index contributed by atoms with van der Waals surface area (Å²) in [6.07, 6.45) is 1.73. The highest BCUT2D eigenvalue weighted by molar-refractivity contribution is 7.16. The first-order chi connectivity index (χ1) is 10.6. The molecule has 2 heterocycles. The minimum atomic E-state index is -0.122. The minimum absolute atomic E-state index is 0.102. The fourth-order valence-electron chi connectivity index (χ4n) is 2.22. The maximum absolute atomic E-state index is 12.2. The van der Waals surface area contributed by atoms with Gasteiger partial charge in [0.15, 0.2) is 0 Å². The smallest absolute Gasteiger partial charge is 0.262 e. The second-order valence-corrected chi connectivity index (χ2v) is 5.94. The first-order valence-corrected chi connectivity index (χ1v) is 7.80. The van der Waals surface area contributed by atoms with Gasteiger partial charge in [-0.2, -0.15) is 0 Å². The van der Waals surface area contributed by atoms with Crippen LogP contribution in [-0.4, -0.2) is 15.5 Å². The number of carbonyl (C=O) groups excluding carboxylic acids is 1. The average Bonchev–Trinajstić information content (AvgIpc) is 2.96. The number of aromatic nitrogens is 2. The molecule has 0 aliphatic rings. The number of fused-ring (bicyclic) bond motifs is 1. The normalized spacial score (nSPS) is 10.8. The van der Waals surface area contributed by atoms with E-state index in [0.717, 1.165) is 16.1 Å². The van der Waals surface area contributed by atoms with Crippen molar-refractivity contribution in [2.45, 2.75) is 19.9 Å². The number of hydrogen-bond donors (Lipinski definition) is 1. The van der Waals surface area contributed by atoms with Gasteiger partial charge < -0.3 is 5.32 Å². The van der Waals surface area contributed by atoms with Crippen molar-refractivity contribution >= 4 is 33.1 Å². The molecule has 22 heavy (non-hydrogen) atoms. The van der Waals surface area contributed by atoms with E-state index in [1.807, 2.05) is 36.6 Å². The number of carbonyl (C=O) groups is 1. The van der Waals surface area contributed by atoms with Crippen molar-refractivity contribution in [3.05, 3.63) is 58.0 Å². The zero-order chi connectivity index (χ0) is 15.5. The molecule has 0 atom stereocenters. The van der Waals surface area contributed by atoms with Crippen LogP contribution in [0, 0.1) is 6.92 Å². The third kappa shape index (κ3) is 3.07. The Morgan fingerprint density at radius 1 is 1.36 bits per heavy atom. The Kier molecular flexibility index (Phi) is 4.02. The van der Waals surface area contributed by atoms with Gasteiger partial charge in [-0.25, -0.2) is 4.98 Å². The number of thiophene rings is 1. The molecule has 112 valence electrons. The maximum atomic E-state index is 12.2. The molecule has 0 radical (unpaired) electrons. The highest BCUT2D eigenvalue weighted by Gasteiger charge is 2.07. The maximum Gasteiger partial charge on any atom is 0.262 e. The van der Waals surface area contributed by atoms with Crippen LogP contribution in [0.25, 0.3) is 10.2 Å². The third-order valence-electron chi connectivity index (χ3n) is 3.33. The summed E-state index contributed by atoms with van der Waals surface area (Å²) in [4.78, 5) is 29.1. The van der Waals surface area contributed by atoms with E-state index in [1.54, 1.807) is 6.07 Å². The number of anilines is 1. The van der Waals surface area contributed by atoms with Gasteiger partial charge in [-0.3, -0.25) is 14.2 Å². The summed E-state index contributed by atoms with van der Waals surface area (Å²) in [5, 5.41) is 5.28. The molecule has 0 spiro atoms. The molecule has 5 nitrogen and oxygen atoms in total. The first kappa shape index (κ1) is 14.5. The van der Waals surface area contributed by atoms with Crippen molar-refractivity contribution in [2.75, 3.05) is 5.32 Å². The monoisotopic (exact) mass is 313 g/mol. The number of aryl methyl sites for hydroxylation is 2. The zero-order valence-corrected chi connectivity index (χ0v) is 12.9. The Hall–Kier alpha value is -2.47. The van der Waals surface area contributed by atoms with Crippen LogP contribution in [0.2, 0.25) is 0 Å². The largest absolute Gasteiger partial charge is 0.326 e. The predicted octanol–water partition coefficient (Wildman–Crippen LogP) is 2.80. The molecule has 6 heteroatoms. The van der Waals surface area contributed by atoms with E-state index in [0.29, 0.717) is 11.9 Å². The molecular weight excluding hydrogens is 298 g/mol. The molecular formula is C16H15N3O2S. The molecule has 0 fully saturated rings. The quantitative estimate of drug-likeness (QED) is 0.805. The lowest BCUT2D eigenvalue weighted by atomic mass is 10.2.